The maximum absolute atomic E-state index is 12.2. The Kier molecular flexibility index (Phi) is 6.02. The molecule has 0 saturated carbocycles. The number of halogens is 3. The molecule has 0 aliphatic rings. The molecule has 0 amide bonds. The van der Waals surface area contributed by atoms with E-state index in [0.29, 0.717) is 5.56 Å². The Morgan fingerprint density at radius 3 is 2.26 bits per heavy atom. The van der Waals surface area contributed by atoms with Crippen LogP contribution in [0, 0.1) is 0 Å². The van der Waals surface area contributed by atoms with Crippen LogP contribution in [0.1, 0.15) is 32.7 Å². The molecule has 0 aliphatic heterocycles. The van der Waals surface area contributed by atoms with Crippen LogP contribution in [0.4, 0.5) is 13.2 Å². The number of nitrogens with zero attached hydrogens (tertiary/aromatic N) is 2. The Bertz CT molecular complexity index is 755. The molecule has 150 valence electrons. The molecule has 1 unspecified atom stereocenters. The van der Waals surface area contributed by atoms with E-state index in [9.17, 15) is 13.2 Å². The molecule has 0 bridgehead atoms. The van der Waals surface area contributed by atoms with Crippen LogP contribution in [0.5, 0.6) is 5.75 Å². The van der Waals surface area contributed by atoms with Crippen molar-refractivity contribution in [3.05, 3.63) is 30.2 Å². The fourth-order valence-electron chi connectivity index (χ4n) is 1.89. The Morgan fingerprint density at radius 2 is 1.74 bits per heavy atom. The molecule has 2 N–H and O–H groups in total. The molecule has 0 fully saturated rings. The predicted molar refractivity (Wildman–Crippen MR) is 96.5 cm³/mol. The minimum Gasteiger partial charge on any atom is -0.415 e. The fourth-order valence-corrected chi connectivity index (χ4v) is 2.92. The summed E-state index contributed by atoms with van der Waals surface area (Å²) in [7, 11) is -1.96. The summed E-state index contributed by atoms with van der Waals surface area (Å²) in [6.45, 7) is 10.9. The van der Waals surface area contributed by atoms with Gasteiger partial charge in [0.15, 0.2) is 8.32 Å². The third-order valence-electron chi connectivity index (χ3n) is 4.53. The molecule has 6 nitrogen and oxygen atoms in total. The van der Waals surface area contributed by atoms with Crippen molar-refractivity contribution >= 4 is 8.32 Å². The number of benzene rings is 1. The second-order valence-corrected chi connectivity index (χ2v) is 12.5. The second-order valence-electron chi connectivity index (χ2n) is 7.71. The summed E-state index contributed by atoms with van der Waals surface area (Å²) in [4.78, 5) is 4.22. The molecule has 1 atom stereocenters. The average molecular weight is 403 g/mol. The van der Waals surface area contributed by atoms with E-state index in [1.54, 1.807) is 0 Å². The van der Waals surface area contributed by atoms with Crippen molar-refractivity contribution in [2.75, 3.05) is 6.61 Å². The second kappa shape index (κ2) is 7.61. The Labute approximate surface area is 157 Å². The molecule has 2 rings (SSSR count). The molecule has 1 aromatic heterocycles. The van der Waals surface area contributed by atoms with E-state index < -0.39 is 20.7 Å². The normalized spacial score (nSPS) is 14.3. The van der Waals surface area contributed by atoms with E-state index >= 15 is 0 Å². The number of rotatable bonds is 6. The maximum atomic E-state index is 12.2. The lowest BCUT2D eigenvalue weighted by atomic mass is 10.2. The first-order valence-electron chi connectivity index (χ1n) is 8.38. The van der Waals surface area contributed by atoms with E-state index in [1.165, 1.54) is 24.3 Å². The van der Waals surface area contributed by atoms with Crippen molar-refractivity contribution in [1.29, 1.82) is 0 Å². The van der Waals surface area contributed by atoms with Gasteiger partial charge in [0.25, 0.3) is 0 Å². The molecule has 0 radical (unpaired) electrons. The van der Waals surface area contributed by atoms with Crippen molar-refractivity contribution in [3.8, 4) is 17.1 Å². The number of hydrogen-bond donors (Lipinski definition) is 1. The first kappa shape index (κ1) is 21.4. The molecular formula is C17H24F3N3O3Si. The van der Waals surface area contributed by atoms with Gasteiger partial charge in [-0.2, -0.15) is 4.98 Å². The first-order chi connectivity index (χ1) is 12.3. The zero-order chi connectivity index (χ0) is 20.5. The Hall–Kier alpha value is -1.91. The lowest BCUT2D eigenvalue weighted by Crippen LogP contribution is -2.42. The summed E-state index contributed by atoms with van der Waals surface area (Å²) in [6, 6.07) is 4.59. The quantitative estimate of drug-likeness (QED) is 0.707. The average Bonchev–Trinajstić information content (AvgIpc) is 3.01. The highest BCUT2D eigenvalue weighted by atomic mass is 28.4. The van der Waals surface area contributed by atoms with Crippen LogP contribution < -0.4 is 10.5 Å². The van der Waals surface area contributed by atoms with Crippen LogP contribution in [0.2, 0.25) is 18.1 Å². The van der Waals surface area contributed by atoms with Gasteiger partial charge in [-0.1, -0.05) is 25.9 Å². The topological polar surface area (TPSA) is 83.4 Å². The minimum atomic E-state index is -4.74. The van der Waals surface area contributed by atoms with Gasteiger partial charge < -0.3 is 19.4 Å². The number of hydrogen-bond acceptors (Lipinski definition) is 6. The van der Waals surface area contributed by atoms with Crippen LogP contribution in [0.25, 0.3) is 11.4 Å². The van der Waals surface area contributed by atoms with E-state index in [4.69, 9.17) is 14.7 Å². The highest BCUT2D eigenvalue weighted by Crippen LogP contribution is 2.37. The predicted octanol–water partition coefficient (Wildman–Crippen LogP) is 4.66. The van der Waals surface area contributed by atoms with Crippen molar-refractivity contribution in [1.82, 2.24) is 10.1 Å². The van der Waals surface area contributed by atoms with Gasteiger partial charge in [-0.3, -0.25) is 0 Å². The van der Waals surface area contributed by atoms with Gasteiger partial charge in [0.1, 0.15) is 11.8 Å². The highest BCUT2D eigenvalue weighted by Gasteiger charge is 2.37. The molecule has 0 aliphatic carbocycles. The van der Waals surface area contributed by atoms with Gasteiger partial charge in [-0.25, -0.2) is 0 Å². The molecule has 1 aromatic carbocycles. The van der Waals surface area contributed by atoms with Gasteiger partial charge in [-0.05, 0) is 42.4 Å². The first-order valence-corrected chi connectivity index (χ1v) is 11.3. The van der Waals surface area contributed by atoms with Gasteiger partial charge in [0.2, 0.25) is 11.7 Å². The standard InChI is InChI=1S/C17H24F3N3O3Si/c1-16(2,3)27(4,5)24-10-13(21)15-22-14(23-26-15)11-6-8-12(9-7-11)25-17(18,19)20/h6-9,13H,10,21H2,1-5H3. The summed E-state index contributed by atoms with van der Waals surface area (Å²) in [5.41, 5.74) is 6.57. The van der Waals surface area contributed by atoms with Crippen LogP contribution in [0.15, 0.2) is 28.8 Å². The SMILES string of the molecule is CC(C)(C)[Si](C)(C)OCC(N)c1nc(-c2ccc(OC(F)(F)F)cc2)no1. The van der Waals surface area contributed by atoms with Crippen LogP contribution in [-0.4, -0.2) is 31.4 Å². The molecule has 0 saturated heterocycles. The van der Waals surface area contributed by atoms with E-state index in [0.717, 1.165) is 0 Å². The monoisotopic (exact) mass is 403 g/mol. The van der Waals surface area contributed by atoms with Crippen LogP contribution >= 0.6 is 0 Å². The molecular weight excluding hydrogens is 379 g/mol. The van der Waals surface area contributed by atoms with E-state index in [2.05, 4.69) is 48.7 Å². The maximum Gasteiger partial charge on any atom is 0.573 e. The molecule has 27 heavy (non-hydrogen) atoms. The number of ether oxygens (including phenoxy) is 1. The molecule has 10 heteroatoms. The fraction of sp³-hybridized carbons (Fsp3) is 0.529. The zero-order valence-electron chi connectivity index (χ0n) is 15.9. The van der Waals surface area contributed by atoms with Gasteiger partial charge in [0, 0.05) is 5.56 Å². The van der Waals surface area contributed by atoms with Crippen molar-refractivity contribution in [3.63, 3.8) is 0 Å². The zero-order valence-corrected chi connectivity index (χ0v) is 16.9. The summed E-state index contributed by atoms with van der Waals surface area (Å²) in [6.07, 6.45) is -4.74. The molecule has 0 spiro atoms. The number of nitrogens with two attached hydrogens (primary N) is 1. The van der Waals surface area contributed by atoms with Crippen LogP contribution in [-0.2, 0) is 4.43 Å². The molecule has 1 heterocycles. The van der Waals surface area contributed by atoms with Gasteiger partial charge >= 0.3 is 6.36 Å². The summed E-state index contributed by atoms with van der Waals surface area (Å²) in [5.74, 6) is 0.111. The smallest absolute Gasteiger partial charge is 0.415 e. The number of aromatic nitrogens is 2. The molecule has 2 aromatic rings. The minimum absolute atomic E-state index is 0.0486. The van der Waals surface area contributed by atoms with Crippen LogP contribution in [0.3, 0.4) is 0 Å². The van der Waals surface area contributed by atoms with Crippen molar-refractivity contribution in [2.45, 2.75) is 51.3 Å². The Morgan fingerprint density at radius 1 is 1.15 bits per heavy atom. The highest BCUT2D eigenvalue weighted by molar-refractivity contribution is 6.74. The third-order valence-corrected chi connectivity index (χ3v) is 9.04. The summed E-state index contributed by atoms with van der Waals surface area (Å²) in [5, 5.41) is 3.88. The number of alkyl halides is 3. The summed E-state index contributed by atoms with van der Waals surface area (Å²) < 4.78 is 51.7. The Balaban J connectivity index is 2.03. The van der Waals surface area contributed by atoms with Gasteiger partial charge in [-0.15, -0.1) is 13.2 Å². The van der Waals surface area contributed by atoms with Crippen molar-refractivity contribution in [2.24, 2.45) is 5.73 Å². The van der Waals surface area contributed by atoms with Crippen molar-refractivity contribution < 1.29 is 26.9 Å². The van der Waals surface area contributed by atoms with E-state index in [1.807, 2.05) is 0 Å². The summed E-state index contributed by atoms with van der Waals surface area (Å²) >= 11 is 0. The lowest BCUT2D eigenvalue weighted by molar-refractivity contribution is -0.274. The van der Waals surface area contributed by atoms with Gasteiger partial charge in [0.05, 0.1) is 6.61 Å². The lowest BCUT2D eigenvalue weighted by Gasteiger charge is -2.36. The third kappa shape index (κ3) is 5.78. The largest absolute Gasteiger partial charge is 0.573 e. The van der Waals surface area contributed by atoms with E-state index in [-0.39, 0.29) is 29.1 Å².